The lowest BCUT2D eigenvalue weighted by Gasteiger charge is -2.06. The molecule has 144 valence electrons. The number of rotatable bonds is 6. The Morgan fingerprint density at radius 2 is 1.76 bits per heavy atom. The standard InChI is InChI=1S/C24H19NO4/c1-2-28-19-13-9-17(10-14-19)23(27)20(15-16-7-11-18(26)12-8-16)24-25-21-5-3-4-6-22(21)29-24/h3-15,26H,2H2,1H3. The van der Waals surface area contributed by atoms with E-state index in [0.29, 0.717) is 34.6 Å². The number of Topliss-reactive ketones (excluding diaryl/α,β-unsaturated/α-hetero) is 1. The summed E-state index contributed by atoms with van der Waals surface area (Å²) < 4.78 is 11.3. The molecule has 0 aliphatic heterocycles. The minimum atomic E-state index is -0.215. The third-order valence-electron chi connectivity index (χ3n) is 4.40. The maximum atomic E-state index is 13.3. The molecule has 0 atom stereocenters. The van der Waals surface area contributed by atoms with E-state index in [4.69, 9.17) is 9.15 Å². The summed E-state index contributed by atoms with van der Waals surface area (Å²) in [5, 5.41) is 9.53. The summed E-state index contributed by atoms with van der Waals surface area (Å²) in [7, 11) is 0. The van der Waals surface area contributed by atoms with Gasteiger partial charge >= 0.3 is 0 Å². The van der Waals surface area contributed by atoms with Crippen molar-refractivity contribution in [3.05, 3.63) is 89.8 Å². The van der Waals surface area contributed by atoms with E-state index < -0.39 is 0 Å². The number of ketones is 1. The van der Waals surface area contributed by atoms with Crippen LogP contribution in [0.1, 0.15) is 28.7 Å². The first kappa shape index (κ1) is 18.5. The Balaban J connectivity index is 1.78. The number of ether oxygens (including phenoxy) is 1. The first-order valence-electron chi connectivity index (χ1n) is 9.28. The molecule has 4 rings (SSSR count). The maximum Gasteiger partial charge on any atom is 0.231 e. The van der Waals surface area contributed by atoms with Crippen LogP contribution in [0.15, 0.2) is 77.2 Å². The molecule has 5 heteroatoms. The number of fused-ring (bicyclic) bond motifs is 1. The van der Waals surface area contributed by atoms with Crippen LogP contribution in [-0.4, -0.2) is 22.5 Å². The molecule has 1 aromatic heterocycles. The van der Waals surface area contributed by atoms with Crippen LogP contribution in [0.4, 0.5) is 0 Å². The van der Waals surface area contributed by atoms with Gasteiger partial charge in [0.25, 0.3) is 0 Å². The molecule has 0 aliphatic rings. The highest BCUT2D eigenvalue weighted by atomic mass is 16.5. The molecule has 0 spiro atoms. The van der Waals surface area contributed by atoms with Crippen molar-refractivity contribution in [2.24, 2.45) is 0 Å². The average Bonchev–Trinajstić information content (AvgIpc) is 3.17. The lowest BCUT2D eigenvalue weighted by Crippen LogP contribution is -2.03. The molecule has 0 saturated heterocycles. The van der Waals surface area contributed by atoms with E-state index in [-0.39, 0.29) is 17.4 Å². The summed E-state index contributed by atoms with van der Waals surface area (Å²) in [6.07, 6.45) is 1.71. The maximum absolute atomic E-state index is 13.3. The topological polar surface area (TPSA) is 72.6 Å². The number of aromatic hydroxyl groups is 1. The highest BCUT2D eigenvalue weighted by Gasteiger charge is 2.20. The van der Waals surface area contributed by atoms with Gasteiger partial charge in [-0.1, -0.05) is 24.3 Å². The second-order valence-electron chi connectivity index (χ2n) is 6.42. The van der Waals surface area contributed by atoms with Crippen molar-refractivity contribution >= 4 is 28.5 Å². The van der Waals surface area contributed by atoms with E-state index in [9.17, 15) is 9.90 Å². The molecule has 0 saturated carbocycles. The fourth-order valence-corrected chi connectivity index (χ4v) is 2.97. The molecule has 0 aliphatic carbocycles. The lowest BCUT2D eigenvalue weighted by molar-refractivity contribution is 0.105. The molecule has 0 amide bonds. The predicted molar refractivity (Wildman–Crippen MR) is 112 cm³/mol. The van der Waals surface area contributed by atoms with Crippen LogP contribution in [0.2, 0.25) is 0 Å². The van der Waals surface area contributed by atoms with Crippen molar-refractivity contribution in [1.29, 1.82) is 0 Å². The number of carbonyl (C=O) groups excluding carboxylic acids is 1. The smallest absolute Gasteiger partial charge is 0.231 e. The molecule has 0 fully saturated rings. The van der Waals surface area contributed by atoms with Gasteiger partial charge in [-0.2, -0.15) is 0 Å². The monoisotopic (exact) mass is 385 g/mol. The van der Waals surface area contributed by atoms with Crippen LogP contribution < -0.4 is 4.74 Å². The highest BCUT2D eigenvalue weighted by Crippen LogP contribution is 2.27. The van der Waals surface area contributed by atoms with Gasteiger partial charge in [0.05, 0.1) is 12.2 Å². The van der Waals surface area contributed by atoms with Gasteiger partial charge in [0.1, 0.15) is 17.0 Å². The lowest BCUT2D eigenvalue weighted by atomic mass is 10.0. The minimum Gasteiger partial charge on any atom is -0.508 e. The molecule has 0 bridgehead atoms. The molecule has 5 nitrogen and oxygen atoms in total. The fourth-order valence-electron chi connectivity index (χ4n) is 2.97. The van der Waals surface area contributed by atoms with Crippen LogP contribution in [0.25, 0.3) is 22.7 Å². The quantitative estimate of drug-likeness (QED) is 0.357. The summed E-state index contributed by atoms with van der Waals surface area (Å²) in [5.41, 5.74) is 2.87. The number of oxazole rings is 1. The second-order valence-corrected chi connectivity index (χ2v) is 6.42. The van der Waals surface area contributed by atoms with Gasteiger partial charge in [0.15, 0.2) is 11.4 Å². The van der Waals surface area contributed by atoms with Crippen LogP contribution in [-0.2, 0) is 0 Å². The van der Waals surface area contributed by atoms with Gasteiger partial charge in [-0.3, -0.25) is 4.79 Å². The van der Waals surface area contributed by atoms with E-state index >= 15 is 0 Å². The Kier molecular flexibility index (Phi) is 5.12. The Labute approximate surface area is 167 Å². The van der Waals surface area contributed by atoms with Crippen molar-refractivity contribution < 1.29 is 19.1 Å². The third kappa shape index (κ3) is 4.04. The van der Waals surface area contributed by atoms with E-state index in [1.165, 1.54) is 0 Å². The van der Waals surface area contributed by atoms with Gasteiger partial charge in [0, 0.05) is 5.56 Å². The van der Waals surface area contributed by atoms with Gasteiger partial charge in [-0.05, 0) is 67.1 Å². The fraction of sp³-hybridized carbons (Fsp3) is 0.0833. The number of nitrogens with zero attached hydrogens (tertiary/aromatic N) is 1. The molecule has 0 radical (unpaired) electrons. The average molecular weight is 385 g/mol. The SMILES string of the molecule is CCOc1ccc(C(=O)C(=Cc2ccc(O)cc2)c2nc3ccccc3o2)cc1. The summed E-state index contributed by atoms with van der Waals surface area (Å²) in [6.45, 7) is 2.47. The number of carbonyl (C=O) groups is 1. The molecule has 29 heavy (non-hydrogen) atoms. The van der Waals surface area contributed by atoms with Crippen LogP contribution in [0.5, 0.6) is 11.5 Å². The molecule has 3 aromatic carbocycles. The molecule has 1 N–H and O–H groups in total. The number of phenols is 1. The van der Waals surface area contributed by atoms with Crippen molar-refractivity contribution in [3.63, 3.8) is 0 Å². The molecule has 1 heterocycles. The summed E-state index contributed by atoms with van der Waals surface area (Å²) >= 11 is 0. The third-order valence-corrected chi connectivity index (χ3v) is 4.40. The summed E-state index contributed by atoms with van der Waals surface area (Å²) in [4.78, 5) is 17.8. The molecule has 0 unspecified atom stereocenters. The zero-order chi connectivity index (χ0) is 20.2. The number of benzene rings is 3. The van der Waals surface area contributed by atoms with Gasteiger partial charge in [0.2, 0.25) is 5.89 Å². The second kappa shape index (κ2) is 8.02. The van der Waals surface area contributed by atoms with Gasteiger partial charge in [-0.15, -0.1) is 0 Å². The largest absolute Gasteiger partial charge is 0.508 e. The first-order chi connectivity index (χ1) is 14.1. The van der Waals surface area contributed by atoms with Crippen molar-refractivity contribution in [3.8, 4) is 11.5 Å². The Morgan fingerprint density at radius 3 is 2.45 bits per heavy atom. The van der Waals surface area contributed by atoms with Crippen molar-refractivity contribution in [2.75, 3.05) is 6.61 Å². The molecule has 4 aromatic rings. The summed E-state index contributed by atoms with van der Waals surface area (Å²) in [6, 6.07) is 20.9. The zero-order valence-electron chi connectivity index (χ0n) is 15.8. The Hall–Kier alpha value is -3.86. The van der Waals surface area contributed by atoms with Gasteiger partial charge < -0.3 is 14.3 Å². The number of phenolic OH excluding ortho intramolecular Hbond substituents is 1. The zero-order valence-corrected chi connectivity index (χ0v) is 15.8. The van der Waals surface area contributed by atoms with E-state index in [1.54, 1.807) is 54.6 Å². The Bertz CT molecular complexity index is 1140. The highest BCUT2D eigenvalue weighted by molar-refractivity contribution is 6.31. The van der Waals surface area contributed by atoms with E-state index in [1.807, 2.05) is 31.2 Å². The number of allylic oxidation sites excluding steroid dienone is 1. The predicted octanol–water partition coefficient (Wildman–Crippen LogP) is 5.36. The van der Waals surface area contributed by atoms with Gasteiger partial charge in [-0.25, -0.2) is 4.98 Å². The number of para-hydroxylation sites is 2. The Morgan fingerprint density at radius 1 is 1.03 bits per heavy atom. The first-order valence-corrected chi connectivity index (χ1v) is 9.28. The normalized spacial score (nSPS) is 11.6. The number of aromatic nitrogens is 1. The van der Waals surface area contributed by atoms with Crippen molar-refractivity contribution in [2.45, 2.75) is 6.92 Å². The molecular formula is C24H19NO4. The van der Waals surface area contributed by atoms with Crippen molar-refractivity contribution in [1.82, 2.24) is 4.98 Å². The van der Waals surface area contributed by atoms with Crippen LogP contribution in [0, 0.1) is 0 Å². The molecular weight excluding hydrogens is 366 g/mol. The number of hydrogen-bond acceptors (Lipinski definition) is 5. The summed E-state index contributed by atoms with van der Waals surface area (Å²) in [5.74, 6) is 0.893. The number of hydrogen-bond donors (Lipinski definition) is 1. The van der Waals surface area contributed by atoms with E-state index in [0.717, 1.165) is 5.56 Å². The van der Waals surface area contributed by atoms with E-state index in [2.05, 4.69) is 4.98 Å². The van der Waals surface area contributed by atoms with Crippen LogP contribution in [0.3, 0.4) is 0 Å². The van der Waals surface area contributed by atoms with Crippen LogP contribution >= 0.6 is 0 Å². The minimum absolute atomic E-state index is 0.156.